The second-order valence-corrected chi connectivity index (χ2v) is 5.21. The van der Waals surface area contributed by atoms with Gasteiger partial charge in [-0.3, -0.25) is 9.59 Å². The second kappa shape index (κ2) is 9.07. The van der Waals surface area contributed by atoms with Crippen LogP contribution in [0.25, 0.3) is 0 Å². The molecule has 25 heavy (non-hydrogen) atoms. The van der Waals surface area contributed by atoms with Crippen LogP contribution < -0.4 is 21.3 Å². The maximum absolute atomic E-state index is 12.0. The van der Waals surface area contributed by atoms with Crippen molar-refractivity contribution < 1.29 is 14.4 Å². The lowest BCUT2D eigenvalue weighted by atomic mass is 10.2. The zero-order valence-electron chi connectivity index (χ0n) is 13.8. The molecule has 0 spiro atoms. The molecule has 0 saturated carbocycles. The Morgan fingerprint density at radius 3 is 2.24 bits per heavy atom. The zero-order chi connectivity index (χ0) is 18.1. The molecule has 2 rings (SSSR count). The van der Waals surface area contributed by atoms with Gasteiger partial charge in [-0.2, -0.15) is 0 Å². The maximum atomic E-state index is 12.0. The molecule has 7 heteroatoms. The van der Waals surface area contributed by atoms with Gasteiger partial charge in [0.05, 0.1) is 0 Å². The Labute approximate surface area is 145 Å². The lowest BCUT2D eigenvalue weighted by Crippen LogP contribution is -2.27. The second-order valence-electron chi connectivity index (χ2n) is 5.21. The van der Waals surface area contributed by atoms with E-state index in [1.807, 2.05) is 6.07 Å². The van der Waals surface area contributed by atoms with Crippen LogP contribution in [0, 0.1) is 0 Å². The van der Waals surface area contributed by atoms with Crippen molar-refractivity contribution in [3.05, 3.63) is 60.2 Å². The van der Waals surface area contributed by atoms with Crippen LogP contribution in [0.2, 0.25) is 0 Å². The van der Waals surface area contributed by atoms with Crippen molar-refractivity contribution in [2.75, 3.05) is 24.2 Å². The minimum absolute atomic E-state index is 0.145. The van der Waals surface area contributed by atoms with Crippen LogP contribution in [-0.2, 0) is 4.79 Å². The van der Waals surface area contributed by atoms with E-state index >= 15 is 0 Å². The van der Waals surface area contributed by atoms with Gasteiger partial charge >= 0.3 is 6.03 Å². The number of amides is 4. The summed E-state index contributed by atoms with van der Waals surface area (Å²) in [5.41, 5.74) is 1.68. The fourth-order valence-electron chi connectivity index (χ4n) is 2.07. The van der Waals surface area contributed by atoms with Crippen molar-refractivity contribution in [2.45, 2.75) is 6.42 Å². The van der Waals surface area contributed by atoms with Gasteiger partial charge in [0.25, 0.3) is 5.91 Å². The number of benzene rings is 2. The quantitative estimate of drug-likeness (QED) is 0.649. The Kier molecular flexibility index (Phi) is 6.53. The Hall–Kier alpha value is -3.35. The van der Waals surface area contributed by atoms with Gasteiger partial charge < -0.3 is 21.3 Å². The number of carbonyl (C=O) groups excluding carboxylic acids is 3. The first kappa shape index (κ1) is 18.0. The molecule has 0 bridgehead atoms. The van der Waals surface area contributed by atoms with E-state index in [1.54, 1.807) is 48.5 Å². The highest BCUT2D eigenvalue weighted by Gasteiger charge is 2.07. The van der Waals surface area contributed by atoms with Gasteiger partial charge in [0, 0.05) is 37.0 Å². The number of nitrogens with one attached hydrogen (secondary N) is 4. The van der Waals surface area contributed by atoms with Gasteiger partial charge in [-0.25, -0.2) is 4.79 Å². The Morgan fingerprint density at radius 2 is 1.56 bits per heavy atom. The molecule has 0 radical (unpaired) electrons. The molecule has 0 heterocycles. The summed E-state index contributed by atoms with van der Waals surface area (Å²) in [7, 11) is 1.52. The molecule has 0 aliphatic heterocycles. The third-order valence-corrected chi connectivity index (χ3v) is 3.30. The number of hydrogen-bond acceptors (Lipinski definition) is 3. The van der Waals surface area contributed by atoms with E-state index in [0.29, 0.717) is 16.9 Å². The van der Waals surface area contributed by atoms with Crippen molar-refractivity contribution in [3.63, 3.8) is 0 Å². The first-order valence-electron chi connectivity index (χ1n) is 7.80. The standard InChI is InChI=1S/C18H20N4O3/c1-19-18(25)22-15-9-5-8-14(12-15)21-16(23)10-11-20-17(24)13-6-3-2-4-7-13/h2-9,12H,10-11H2,1H3,(H,20,24)(H,21,23)(H2,19,22,25). The van der Waals surface area contributed by atoms with Gasteiger partial charge in [-0.15, -0.1) is 0 Å². The zero-order valence-corrected chi connectivity index (χ0v) is 13.8. The van der Waals surface area contributed by atoms with Crippen LogP contribution in [0.3, 0.4) is 0 Å². The smallest absolute Gasteiger partial charge is 0.318 e. The highest BCUT2D eigenvalue weighted by atomic mass is 16.2. The van der Waals surface area contributed by atoms with Crippen molar-refractivity contribution in [1.82, 2.24) is 10.6 Å². The molecule has 0 aromatic heterocycles. The third kappa shape index (κ3) is 5.98. The van der Waals surface area contributed by atoms with Crippen molar-refractivity contribution in [3.8, 4) is 0 Å². The molecule has 2 aromatic carbocycles. The normalized spacial score (nSPS) is 9.80. The summed E-state index contributed by atoms with van der Waals surface area (Å²) in [5, 5.41) is 10.5. The predicted octanol–water partition coefficient (Wildman–Crippen LogP) is 2.20. The van der Waals surface area contributed by atoms with E-state index in [0.717, 1.165) is 0 Å². The van der Waals surface area contributed by atoms with Crippen LogP contribution in [0.4, 0.5) is 16.2 Å². The van der Waals surface area contributed by atoms with Gasteiger partial charge in [0.15, 0.2) is 0 Å². The summed E-state index contributed by atoms with van der Waals surface area (Å²) in [6.07, 6.45) is 0.145. The Morgan fingerprint density at radius 1 is 0.880 bits per heavy atom. The van der Waals surface area contributed by atoms with Crippen LogP contribution in [-0.4, -0.2) is 31.4 Å². The minimum Gasteiger partial charge on any atom is -0.352 e. The summed E-state index contributed by atoms with van der Waals surface area (Å²) in [6.45, 7) is 0.232. The number of rotatable bonds is 6. The van der Waals surface area contributed by atoms with Gasteiger partial charge in [0.2, 0.25) is 5.91 Å². The van der Waals surface area contributed by atoms with E-state index in [9.17, 15) is 14.4 Å². The first-order chi connectivity index (χ1) is 12.1. The summed E-state index contributed by atoms with van der Waals surface area (Å²) < 4.78 is 0. The molecule has 0 saturated heterocycles. The molecule has 130 valence electrons. The SMILES string of the molecule is CNC(=O)Nc1cccc(NC(=O)CCNC(=O)c2ccccc2)c1. The molecule has 0 fully saturated rings. The molecule has 7 nitrogen and oxygen atoms in total. The number of urea groups is 1. The monoisotopic (exact) mass is 340 g/mol. The molecule has 2 aromatic rings. The summed E-state index contributed by atoms with van der Waals surface area (Å²) >= 11 is 0. The molecule has 0 aliphatic carbocycles. The summed E-state index contributed by atoms with van der Waals surface area (Å²) in [6, 6.07) is 15.3. The van der Waals surface area contributed by atoms with E-state index < -0.39 is 0 Å². The molecule has 4 amide bonds. The number of anilines is 2. The highest BCUT2D eigenvalue weighted by Crippen LogP contribution is 2.15. The highest BCUT2D eigenvalue weighted by molar-refractivity contribution is 5.95. The van der Waals surface area contributed by atoms with E-state index in [1.165, 1.54) is 7.05 Å². The van der Waals surface area contributed by atoms with Gasteiger partial charge in [-0.05, 0) is 30.3 Å². The van der Waals surface area contributed by atoms with Gasteiger partial charge in [-0.1, -0.05) is 24.3 Å². The van der Waals surface area contributed by atoms with E-state index in [2.05, 4.69) is 21.3 Å². The molecule has 4 N–H and O–H groups in total. The lowest BCUT2D eigenvalue weighted by molar-refractivity contribution is -0.116. The molecule has 0 atom stereocenters. The van der Waals surface area contributed by atoms with Crippen LogP contribution >= 0.6 is 0 Å². The fourth-order valence-corrected chi connectivity index (χ4v) is 2.07. The average Bonchev–Trinajstić information content (AvgIpc) is 2.62. The maximum Gasteiger partial charge on any atom is 0.318 e. The van der Waals surface area contributed by atoms with Crippen LogP contribution in [0.1, 0.15) is 16.8 Å². The Bertz CT molecular complexity index is 747. The van der Waals surface area contributed by atoms with Crippen molar-refractivity contribution in [1.29, 1.82) is 0 Å². The lowest BCUT2D eigenvalue weighted by Gasteiger charge is -2.09. The van der Waals surface area contributed by atoms with Crippen LogP contribution in [0.5, 0.6) is 0 Å². The molecular formula is C18H20N4O3. The summed E-state index contributed by atoms with van der Waals surface area (Å²) in [4.78, 5) is 35.1. The number of hydrogen-bond donors (Lipinski definition) is 4. The Balaban J connectivity index is 1.79. The molecular weight excluding hydrogens is 320 g/mol. The summed E-state index contributed by atoms with van der Waals surface area (Å²) in [5.74, 6) is -0.448. The number of carbonyl (C=O) groups is 3. The van der Waals surface area contributed by atoms with Gasteiger partial charge in [0.1, 0.15) is 0 Å². The van der Waals surface area contributed by atoms with E-state index in [4.69, 9.17) is 0 Å². The fraction of sp³-hybridized carbons (Fsp3) is 0.167. The topological polar surface area (TPSA) is 99.3 Å². The third-order valence-electron chi connectivity index (χ3n) is 3.30. The van der Waals surface area contributed by atoms with Crippen molar-refractivity contribution >= 4 is 29.2 Å². The van der Waals surface area contributed by atoms with Crippen molar-refractivity contribution in [2.24, 2.45) is 0 Å². The predicted molar refractivity (Wildman–Crippen MR) is 96.5 cm³/mol. The molecule has 0 unspecified atom stereocenters. The average molecular weight is 340 g/mol. The van der Waals surface area contributed by atoms with Crippen LogP contribution in [0.15, 0.2) is 54.6 Å². The molecule has 0 aliphatic rings. The van der Waals surface area contributed by atoms with E-state index in [-0.39, 0.29) is 30.8 Å². The minimum atomic E-state index is -0.341. The first-order valence-corrected chi connectivity index (χ1v) is 7.80. The largest absolute Gasteiger partial charge is 0.352 e.